The van der Waals surface area contributed by atoms with E-state index >= 15 is 0 Å². The number of rotatable bonds is 5. The van der Waals surface area contributed by atoms with Gasteiger partial charge in [-0.05, 0) is 30.2 Å². The Kier molecular flexibility index (Phi) is 4.72. The molecule has 2 atom stereocenters. The van der Waals surface area contributed by atoms with Crippen LogP contribution in [-0.2, 0) is 16.7 Å². The van der Waals surface area contributed by atoms with Gasteiger partial charge in [0, 0.05) is 12.0 Å². The Hall–Kier alpha value is -1.41. The van der Waals surface area contributed by atoms with Crippen LogP contribution in [0.3, 0.4) is 0 Å². The molecule has 126 valence electrons. The highest BCUT2D eigenvalue weighted by Gasteiger charge is 2.24. The molecule has 1 saturated heterocycles. The van der Waals surface area contributed by atoms with Crippen LogP contribution in [0.1, 0.15) is 57.4 Å². The van der Waals surface area contributed by atoms with Crippen LogP contribution in [0.4, 0.5) is 0 Å². The summed E-state index contributed by atoms with van der Waals surface area (Å²) in [5, 5.41) is 12.8. The van der Waals surface area contributed by atoms with Crippen LogP contribution in [0.25, 0.3) is 0 Å². The number of ether oxygens (including phenoxy) is 1. The van der Waals surface area contributed by atoms with Crippen molar-refractivity contribution in [3.05, 3.63) is 17.8 Å². The number of hydrogen-bond donors (Lipinski definition) is 0. The highest BCUT2D eigenvalue weighted by Crippen LogP contribution is 2.35. The van der Waals surface area contributed by atoms with Gasteiger partial charge in [0.15, 0.2) is 0 Å². The number of tetrazole rings is 1. The van der Waals surface area contributed by atoms with Crippen LogP contribution in [0, 0.1) is 0 Å². The predicted octanol–water partition coefficient (Wildman–Crippen LogP) is 2.99. The summed E-state index contributed by atoms with van der Waals surface area (Å²) in [6.45, 7) is 9.90. The van der Waals surface area contributed by atoms with Gasteiger partial charge in [0.05, 0.1) is 24.1 Å². The van der Waals surface area contributed by atoms with E-state index in [0.717, 1.165) is 30.4 Å². The molecule has 0 saturated carbocycles. The molecule has 0 aliphatic carbocycles. The lowest BCUT2D eigenvalue weighted by molar-refractivity contribution is 0.0911. The summed E-state index contributed by atoms with van der Waals surface area (Å²) in [5.74, 6) is 1.59. The fourth-order valence-corrected chi connectivity index (χ4v) is 3.25. The third-order valence-corrected chi connectivity index (χ3v) is 4.85. The summed E-state index contributed by atoms with van der Waals surface area (Å²) in [5.41, 5.74) is -0.0446. The standard InChI is InChI=1S/C15H23N5O2S/c1-10(13-16-8-12(22-13)15(2,3)4)23-14-17-18-19-20(14)9-11-6-5-7-21-11/h8,10-11H,5-7,9H2,1-4H3/t10-,11+/m1/s1. The quantitative estimate of drug-likeness (QED) is 0.776. The Morgan fingerprint density at radius 3 is 2.91 bits per heavy atom. The van der Waals surface area contributed by atoms with Gasteiger partial charge in [0.2, 0.25) is 11.0 Å². The van der Waals surface area contributed by atoms with Crippen molar-refractivity contribution in [2.75, 3.05) is 6.61 Å². The monoisotopic (exact) mass is 337 g/mol. The SMILES string of the molecule is C[C@@H](Sc1nnnn1C[C@@H]1CCCO1)c1ncc(C(C)(C)C)o1. The van der Waals surface area contributed by atoms with Crippen LogP contribution in [0.15, 0.2) is 15.8 Å². The Morgan fingerprint density at radius 2 is 2.26 bits per heavy atom. The molecule has 0 radical (unpaired) electrons. The third-order valence-electron chi connectivity index (χ3n) is 3.79. The van der Waals surface area contributed by atoms with Gasteiger partial charge in [-0.2, -0.15) is 0 Å². The normalized spacial score (nSPS) is 20.1. The lowest BCUT2D eigenvalue weighted by Gasteiger charge is -2.14. The van der Waals surface area contributed by atoms with Crippen LogP contribution < -0.4 is 0 Å². The lowest BCUT2D eigenvalue weighted by Crippen LogP contribution is -2.17. The summed E-state index contributed by atoms with van der Waals surface area (Å²) in [7, 11) is 0. The second kappa shape index (κ2) is 6.60. The van der Waals surface area contributed by atoms with Gasteiger partial charge in [-0.3, -0.25) is 0 Å². The van der Waals surface area contributed by atoms with Crippen molar-refractivity contribution in [2.45, 2.75) is 69.0 Å². The molecule has 1 fully saturated rings. The molecule has 2 aromatic heterocycles. The van der Waals surface area contributed by atoms with E-state index in [0.29, 0.717) is 12.4 Å². The largest absolute Gasteiger partial charge is 0.444 e. The Bertz CT molecular complexity index is 642. The molecular formula is C15H23N5O2S. The fourth-order valence-electron chi connectivity index (χ4n) is 2.41. The van der Waals surface area contributed by atoms with E-state index in [9.17, 15) is 0 Å². The molecule has 23 heavy (non-hydrogen) atoms. The first-order valence-corrected chi connectivity index (χ1v) is 8.82. The van der Waals surface area contributed by atoms with E-state index in [-0.39, 0.29) is 16.8 Å². The van der Waals surface area contributed by atoms with E-state index in [1.54, 1.807) is 11.8 Å². The van der Waals surface area contributed by atoms with Gasteiger partial charge >= 0.3 is 0 Å². The number of hydrogen-bond acceptors (Lipinski definition) is 7. The van der Waals surface area contributed by atoms with Crippen LogP contribution in [0.2, 0.25) is 0 Å². The number of oxazole rings is 1. The summed E-state index contributed by atoms with van der Waals surface area (Å²) < 4.78 is 13.4. The van der Waals surface area contributed by atoms with Crippen molar-refractivity contribution in [3.63, 3.8) is 0 Å². The summed E-state index contributed by atoms with van der Waals surface area (Å²) in [6.07, 6.45) is 4.19. The molecule has 2 aromatic rings. The van der Waals surface area contributed by atoms with Gasteiger partial charge in [-0.15, -0.1) is 5.10 Å². The molecule has 1 aliphatic heterocycles. The average Bonchev–Trinajstić information content (AvgIpc) is 3.20. The minimum absolute atomic E-state index is 0.0420. The van der Waals surface area contributed by atoms with Crippen LogP contribution >= 0.6 is 11.8 Å². The zero-order chi connectivity index (χ0) is 16.4. The molecular weight excluding hydrogens is 314 g/mol. The topological polar surface area (TPSA) is 78.9 Å². The zero-order valence-electron chi connectivity index (χ0n) is 14.0. The minimum Gasteiger partial charge on any atom is -0.444 e. The van der Waals surface area contributed by atoms with Crippen molar-refractivity contribution in [1.29, 1.82) is 0 Å². The molecule has 1 aliphatic rings. The van der Waals surface area contributed by atoms with Gasteiger partial charge in [-0.1, -0.05) is 32.5 Å². The highest BCUT2D eigenvalue weighted by molar-refractivity contribution is 7.99. The first-order valence-electron chi connectivity index (χ1n) is 7.94. The Morgan fingerprint density at radius 1 is 1.43 bits per heavy atom. The molecule has 0 bridgehead atoms. The predicted molar refractivity (Wildman–Crippen MR) is 86.3 cm³/mol. The van der Waals surface area contributed by atoms with E-state index < -0.39 is 0 Å². The van der Waals surface area contributed by atoms with E-state index in [4.69, 9.17) is 9.15 Å². The molecule has 8 heteroatoms. The zero-order valence-corrected chi connectivity index (χ0v) is 14.8. The highest BCUT2D eigenvalue weighted by atomic mass is 32.2. The maximum Gasteiger partial charge on any atom is 0.210 e. The summed E-state index contributed by atoms with van der Waals surface area (Å²) in [4.78, 5) is 4.41. The van der Waals surface area contributed by atoms with E-state index in [1.165, 1.54) is 0 Å². The van der Waals surface area contributed by atoms with Crippen molar-refractivity contribution in [1.82, 2.24) is 25.2 Å². The smallest absolute Gasteiger partial charge is 0.210 e. The average molecular weight is 337 g/mol. The van der Waals surface area contributed by atoms with Gasteiger partial charge in [0.25, 0.3) is 0 Å². The third kappa shape index (κ3) is 3.92. The minimum atomic E-state index is -0.0446. The Labute approximate surface area is 140 Å². The maximum absolute atomic E-state index is 5.90. The summed E-state index contributed by atoms with van der Waals surface area (Å²) in [6, 6.07) is 0. The second-order valence-electron chi connectivity index (χ2n) is 6.85. The molecule has 0 N–H and O–H groups in total. The molecule has 0 amide bonds. The molecule has 3 heterocycles. The molecule has 0 unspecified atom stereocenters. The second-order valence-corrected chi connectivity index (χ2v) is 8.16. The molecule has 7 nitrogen and oxygen atoms in total. The van der Waals surface area contributed by atoms with Gasteiger partial charge in [-0.25, -0.2) is 9.67 Å². The van der Waals surface area contributed by atoms with Crippen molar-refractivity contribution in [3.8, 4) is 0 Å². The fraction of sp³-hybridized carbons (Fsp3) is 0.733. The van der Waals surface area contributed by atoms with Crippen molar-refractivity contribution >= 4 is 11.8 Å². The number of nitrogens with zero attached hydrogens (tertiary/aromatic N) is 5. The van der Waals surface area contributed by atoms with Crippen molar-refractivity contribution < 1.29 is 9.15 Å². The molecule has 3 rings (SSSR count). The first-order chi connectivity index (χ1) is 10.9. The number of aromatic nitrogens is 5. The van der Waals surface area contributed by atoms with E-state index in [2.05, 4.69) is 41.3 Å². The Balaban J connectivity index is 1.67. The summed E-state index contributed by atoms with van der Waals surface area (Å²) >= 11 is 1.55. The van der Waals surface area contributed by atoms with Crippen LogP contribution in [0.5, 0.6) is 0 Å². The van der Waals surface area contributed by atoms with Gasteiger partial charge < -0.3 is 9.15 Å². The molecule has 0 aromatic carbocycles. The maximum atomic E-state index is 5.90. The molecule has 0 spiro atoms. The number of thioether (sulfide) groups is 1. The van der Waals surface area contributed by atoms with Gasteiger partial charge in [0.1, 0.15) is 5.76 Å². The van der Waals surface area contributed by atoms with Crippen molar-refractivity contribution in [2.24, 2.45) is 0 Å². The van der Waals surface area contributed by atoms with E-state index in [1.807, 2.05) is 17.8 Å². The first kappa shape index (κ1) is 16.4. The lowest BCUT2D eigenvalue weighted by atomic mass is 9.94. The van der Waals surface area contributed by atoms with Crippen LogP contribution in [-0.4, -0.2) is 37.9 Å².